The Morgan fingerprint density at radius 2 is 0.571 bits per heavy atom. The average Bonchev–Trinajstić information content (AvgIpc) is 2.38. The molecule has 4 unspecified atom stereocenters. The van der Waals surface area contributed by atoms with Crippen LogP contribution in [0, 0.1) is 29.6 Å². The van der Waals surface area contributed by atoms with E-state index in [1.54, 1.807) is 0 Å². The van der Waals surface area contributed by atoms with Gasteiger partial charge in [0.15, 0.2) is 0 Å². The molecule has 1 fully saturated rings. The lowest BCUT2D eigenvalue weighted by atomic mass is 9.58. The van der Waals surface area contributed by atoms with Crippen molar-refractivity contribution in [3.05, 3.63) is 0 Å². The zero-order chi connectivity index (χ0) is 22.7. The highest BCUT2D eigenvalue weighted by atomic mass is 19.4. The van der Waals surface area contributed by atoms with Gasteiger partial charge in [0, 0.05) is 7.11 Å². The second-order valence-electron chi connectivity index (χ2n) is 6.04. The summed E-state index contributed by atoms with van der Waals surface area (Å²) in [7, 11) is -0.0447. The van der Waals surface area contributed by atoms with Gasteiger partial charge in [0.2, 0.25) is 0 Å². The molecular formula is C12H9F15O. The highest BCUT2D eigenvalue weighted by molar-refractivity contribution is 5.07. The first kappa shape index (κ1) is 24.9. The highest BCUT2D eigenvalue weighted by Crippen LogP contribution is 2.64. The molecule has 4 atom stereocenters. The van der Waals surface area contributed by atoms with Crippen LogP contribution in [0.1, 0.15) is 0 Å². The van der Waals surface area contributed by atoms with Gasteiger partial charge in [-0.3, -0.25) is 0 Å². The molecule has 16 heteroatoms. The Bertz CT molecular complexity index is 496. The van der Waals surface area contributed by atoms with E-state index in [4.69, 9.17) is 0 Å². The van der Waals surface area contributed by atoms with Crippen molar-refractivity contribution in [3.8, 4) is 0 Å². The van der Waals surface area contributed by atoms with Crippen LogP contribution in [-0.4, -0.2) is 44.1 Å². The van der Waals surface area contributed by atoms with Gasteiger partial charge in [-0.25, -0.2) is 0 Å². The van der Waals surface area contributed by atoms with Gasteiger partial charge in [0.25, 0.3) is 0 Å². The standard InChI is InChI=1S/C12H9F15O/c1-28-7-5(11(22,23)24)3(9(16,17)18)2(8(13,14)15)4(10(19,20)21)6(7)12(25,26)27/h2-7H,1H3. The van der Waals surface area contributed by atoms with Gasteiger partial charge < -0.3 is 4.74 Å². The van der Waals surface area contributed by atoms with Crippen LogP contribution in [0.2, 0.25) is 0 Å². The minimum absolute atomic E-state index is 0.0447. The number of hydrogen-bond acceptors (Lipinski definition) is 1. The molecule has 1 nitrogen and oxygen atoms in total. The third kappa shape index (κ3) is 4.72. The van der Waals surface area contributed by atoms with E-state index < -0.39 is 66.6 Å². The largest absolute Gasteiger partial charge is 0.394 e. The van der Waals surface area contributed by atoms with E-state index >= 15 is 0 Å². The molecule has 1 saturated carbocycles. The molecule has 0 N–H and O–H groups in total. The summed E-state index contributed by atoms with van der Waals surface area (Å²) < 4.78 is 200. The van der Waals surface area contributed by atoms with Gasteiger partial charge in [-0.15, -0.1) is 0 Å². The molecule has 1 aliphatic carbocycles. The topological polar surface area (TPSA) is 9.23 Å². The van der Waals surface area contributed by atoms with Crippen molar-refractivity contribution in [2.75, 3.05) is 7.11 Å². The number of rotatable bonds is 1. The SMILES string of the molecule is COC1C(C(F)(F)F)C(C(F)(F)F)C(C(F)(F)F)C(C(F)(F)F)C1C(F)(F)F. The van der Waals surface area contributed by atoms with E-state index in [0.29, 0.717) is 0 Å². The van der Waals surface area contributed by atoms with Crippen LogP contribution in [0.3, 0.4) is 0 Å². The van der Waals surface area contributed by atoms with Gasteiger partial charge in [0.05, 0.1) is 35.7 Å². The fourth-order valence-corrected chi connectivity index (χ4v) is 3.60. The Balaban J connectivity index is 3.99. The molecule has 0 aromatic heterocycles. The summed E-state index contributed by atoms with van der Waals surface area (Å²) in [6, 6.07) is 0. The maximum absolute atomic E-state index is 13.1. The maximum Gasteiger partial charge on any atom is 0.394 e. The Labute approximate surface area is 145 Å². The molecule has 0 saturated heterocycles. The van der Waals surface area contributed by atoms with Crippen LogP contribution in [0.15, 0.2) is 0 Å². The second-order valence-corrected chi connectivity index (χ2v) is 6.04. The summed E-state index contributed by atoms with van der Waals surface area (Å²) in [5, 5.41) is 0. The minimum Gasteiger partial charge on any atom is -0.380 e. The molecule has 0 aromatic rings. The van der Waals surface area contributed by atoms with Crippen molar-refractivity contribution in [2.24, 2.45) is 29.6 Å². The first-order valence-electron chi connectivity index (χ1n) is 6.92. The van der Waals surface area contributed by atoms with Crippen LogP contribution in [-0.2, 0) is 4.74 Å². The van der Waals surface area contributed by atoms with E-state index in [-0.39, 0.29) is 7.11 Å². The molecule has 1 rings (SSSR count). The number of methoxy groups -OCH3 is 1. The number of alkyl halides is 15. The highest BCUT2D eigenvalue weighted by Gasteiger charge is 2.79. The fourth-order valence-electron chi connectivity index (χ4n) is 3.60. The summed E-state index contributed by atoms with van der Waals surface area (Å²) in [5.74, 6) is -23.8. The molecule has 28 heavy (non-hydrogen) atoms. The van der Waals surface area contributed by atoms with Crippen LogP contribution < -0.4 is 0 Å². The molecule has 0 heterocycles. The zero-order valence-electron chi connectivity index (χ0n) is 13.0. The Morgan fingerprint density at radius 1 is 0.393 bits per heavy atom. The van der Waals surface area contributed by atoms with E-state index in [1.165, 1.54) is 0 Å². The minimum atomic E-state index is -6.69. The summed E-state index contributed by atoms with van der Waals surface area (Å²) in [6.07, 6.45) is -36.5. The lowest BCUT2D eigenvalue weighted by Crippen LogP contribution is -2.67. The van der Waals surface area contributed by atoms with Crippen molar-refractivity contribution in [1.82, 2.24) is 0 Å². The first-order valence-corrected chi connectivity index (χ1v) is 6.92. The van der Waals surface area contributed by atoms with Gasteiger partial charge in [-0.05, 0) is 0 Å². The van der Waals surface area contributed by atoms with Crippen molar-refractivity contribution < 1.29 is 70.6 Å². The summed E-state index contributed by atoms with van der Waals surface area (Å²) in [6.45, 7) is 0. The molecular weight excluding hydrogens is 445 g/mol. The average molecular weight is 454 g/mol. The number of ether oxygens (including phenoxy) is 1. The summed E-state index contributed by atoms with van der Waals surface area (Å²) in [5.41, 5.74) is 0. The van der Waals surface area contributed by atoms with E-state index in [2.05, 4.69) is 4.74 Å². The lowest BCUT2D eigenvalue weighted by Gasteiger charge is -2.52. The number of halogens is 15. The van der Waals surface area contributed by atoms with Gasteiger partial charge in [-0.1, -0.05) is 0 Å². The molecule has 168 valence electrons. The van der Waals surface area contributed by atoms with E-state index in [1.807, 2.05) is 0 Å². The molecule has 0 radical (unpaired) electrons. The van der Waals surface area contributed by atoms with Crippen molar-refractivity contribution in [1.29, 1.82) is 0 Å². The third-order valence-electron chi connectivity index (χ3n) is 4.42. The maximum atomic E-state index is 13.1. The van der Waals surface area contributed by atoms with Crippen molar-refractivity contribution in [3.63, 3.8) is 0 Å². The molecule has 1 aliphatic rings. The summed E-state index contributed by atoms with van der Waals surface area (Å²) >= 11 is 0. The molecule has 0 bridgehead atoms. The monoisotopic (exact) mass is 454 g/mol. The van der Waals surface area contributed by atoms with Gasteiger partial charge in [-0.2, -0.15) is 65.9 Å². The normalized spacial score (nSPS) is 33.9. The quantitative estimate of drug-likeness (QED) is 0.448. The van der Waals surface area contributed by atoms with Crippen LogP contribution in [0.5, 0.6) is 0 Å². The molecule has 0 spiro atoms. The molecule has 0 aromatic carbocycles. The first-order chi connectivity index (χ1) is 12.1. The fraction of sp³-hybridized carbons (Fsp3) is 1.00. The third-order valence-corrected chi connectivity index (χ3v) is 4.42. The van der Waals surface area contributed by atoms with Crippen LogP contribution >= 0.6 is 0 Å². The van der Waals surface area contributed by atoms with Gasteiger partial charge in [0.1, 0.15) is 0 Å². The Morgan fingerprint density at radius 3 is 0.714 bits per heavy atom. The predicted octanol–water partition coefficient (Wildman–Crippen LogP) is 5.91. The zero-order valence-corrected chi connectivity index (χ0v) is 13.0. The van der Waals surface area contributed by atoms with E-state index in [0.717, 1.165) is 0 Å². The van der Waals surface area contributed by atoms with Crippen LogP contribution in [0.25, 0.3) is 0 Å². The predicted molar refractivity (Wildman–Crippen MR) is 58.5 cm³/mol. The van der Waals surface area contributed by atoms with E-state index in [9.17, 15) is 65.9 Å². The number of hydrogen-bond donors (Lipinski definition) is 0. The lowest BCUT2D eigenvalue weighted by molar-refractivity contribution is -0.397. The van der Waals surface area contributed by atoms with Gasteiger partial charge >= 0.3 is 30.9 Å². The van der Waals surface area contributed by atoms with Crippen molar-refractivity contribution >= 4 is 0 Å². The molecule has 0 aliphatic heterocycles. The summed E-state index contributed by atoms with van der Waals surface area (Å²) in [4.78, 5) is 0. The Hall–Kier alpha value is -1.09. The smallest absolute Gasteiger partial charge is 0.380 e. The van der Waals surface area contributed by atoms with Crippen molar-refractivity contribution in [2.45, 2.75) is 37.0 Å². The Kier molecular flexibility index (Phi) is 6.24. The molecule has 0 amide bonds. The van der Waals surface area contributed by atoms with Crippen LogP contribution in [0.4, 0.5) is 65.9 Å². The second kappa shape index (κ2) is 7.00.